The van der Waals surface area contributed by atoms with Crippen LogP contribution in [0.15, 0.2) is 6.20 Å². The van der Waals surface area contributed by atoms with E-state index in [0.29, 0.717) is 6.10 Å². The topological polar surface area (TPSA) is 64.3 Å². The molecule has 5 nitrogen and oxygen atoms in total. The van der Waals surface area contributed by atoms with Gasteiger partial charge in [-0.05, 0) is 31.6 Å². The largest absolute Gasteiger partial charge is 0.487 e. The van der Waals surface area contributed by atoms with Gasteiger partial charge in [-0.1, -0.05) is 6.92 Å². The van der Waals surface area contributed by atoms with Gasteiger partial charge >= 0.3 is 5.97 Å². The number of ether oxygens (including phenoxy) is 1. The number of aryl methyl sites for hydroxylation is 1. The number of hydrogen-bond donors (Lipinski definition) is 1. The number of carbonyl (C=O) groups is 1. The van der Waals surface area contributed by atoms with Crippen molar-refractivity contribution < 1.29 is 14.6 Å². The molecule has 0 amide bonds. The molecule has 1 aromatic rings. The van der Waals surface area contributed by atoms with Gasteiger partial charge in [0.1, 0.15) is 0 Å². The Labute approximate surface area is 111 Å². The second kappa shape index (κ2) is 3.14. The Morgan fingerprint density at radius 2 is 2.21 bits per heavy atom. The van der Waals surface area contributed by atoms with E-state index in [1.54, 1.807) is 6.20 Å². The number of aromatic nitrogens is 2. The van der Waals surface area contributed by atoms with Crippen molar-refractivity contribution in [2.75, 3.05) is 0 Å². The summed E-state index contributed by atoms with van der Waals surface area (Å²) in [6.07, 6.45) is 5.84. The summed E-state index contributed by atoms with van der Waals surface area (Å²) in [4.78, 5) is 11.4. The Bertz CT molecular complexity index is 567. The Balaban J connectivity index is 1.67. The standard InChI is InChI=1S/C14H18N2O3/c1-8-13(6-14(8,7-13)12(17)18)11-10(5-15-16(11)2)19-9-3-4-9/h5,8-9H,3-4,6-7H2,1-2H3,(H,17,18). The second-order valence-electron chi connectivity index (χ2n) is 6.49. The summed E-state index contributed by atoms with van der Waals surface area (Å²) in [7, 11) is 1.93. The first-order chi connectivity index (χ1) is 8.99. The summed E-state index contributed by atoms with van der Waals surface area (Å²) in [6, 6.07) is 0. The molecule has 2 bridgehead atoms. The molecule has 5 rings (SSSR count). The molecule has 4 saturated carbocycles. The molecule has 1 N–H and O–H groups in total. The summed E-state index contributed by atoms with van der Waals surface area (Å²) in [5.74, 6) is 0.402. The third kappa shape index (κ3) is 1.16. The van der Waals surface area contributed by atoms with Gasteiger partial charge in [0.15, 0.2) is 5.75 Å². The first kappa shape index (κ1) is 11.3. The van der Waals surface area contributed by atoms with Crippen LogP contribution in [0, 0.1) is 11.3 Å². The minimum absolute atomic E-state index is 0.0200. The van der Waals surface area contributed by atoms with Gasteiger partial charge in [0.05, 0.1) is 23.4 Å². The predicted molar refractivity (Wildman–Crippen MR) is 67.0 cm³/mol. The van der Waals surface area contributed by atoms with Crippen LogP contribution < -0.4 is 4.74 Å². The average molecular weight is 262 g/mol. The van der Waals surface area contributed by atoms with Gasteiger partial charge in [-0.2, -0.15) is 5.10 Å². The summed E-state index contributed by atoms with van der Waals surface area (Å²) in [6.45, 7) is 2.05. The van der Waals surface area contributed by atoms with E-state index in [4.69, 9.17) is 4.74 Å². The Morgan fingerprint density at radius 1 is 1.53 bits per heavy atom. The molecule has 1 atom stereocenters. The zero-order valence-corrected chi connectivity index (χ0v) is 11.2. The van der Waals surface area contributed by atoms with Gasteiger partial charge in [-0.15, -0.1) is 0 Å². The highest BCUT2D eigenvalue weighted by atomic mass is 16.5. The van der Waals surface area contributed by atoms with E-state index in [0.717, 1.165) is 37.1 Å². The maximum Gasteiger partial charge on any atom is 0.310 e. The van der Waals surface area contributed by atoms with Crippen LogP contribution in [0.5, 0.6) is 5.75 Å². The third-order valence-corrected chi connectivity index (χ3v) is 5.54. The van der Waals surface area contributed by atoms with Gasteiger partial charge in [0.25, 0.3) is 0 Å². The van der Waals surface area contributed by atoms with Gasteiger partial charge < -0.3 is 9.84 Å². The van der Waals surface area contributed by atoms with Crippen molar-refractivity contribution in [2.24, 2.45) is 18.4 Å². The summed E-state index contributed by atoms with van der Waals surface area (Å²) in [5, 5.41) is 13.7. The molecule has 0 radical (unpaired) electrons. The van der Waals surface area contributed by atoms with Crippen LogP contribution in [-0.2, 0) is 17.3 Å². The van der Waals surface area contributed by atoms with E-state index in [2.05, 4.69) is 12.0 Å². The maximum atomic E-state index is 11.4. The van der Waals surface area contributed by atoms with Gasteiger partial charge in [0.2, 0.25) is 0 Å². The lowest BCUT2D eigenvalue weighted by molar-refractivity contribution is -0.230. The number of carboxylic acids is 1. The Morgan fingerprint density at radius 3 is 2.74 bits per heavy atom. The van der Waals surface area contributed by atoms with Crippen LogP contribution in [0.2, 0.25) is 0 Å². The van der Waals surface area contributed by atoms with Crippen molar-refractivity contribution in [3.63, 3.8) is 0 Å². The minimum atomic E-state index is -0.645. The second-order valence-corrected chi connectivity index (χ2v) is 6.49. The Hall–Kier alpha value is -1.52. The molecular formula is C14H18N2O3. The molecule has 1 unspecified atom stereocenters. The van der Waals surface area contributed by atoms with Gasteiger partial charge in [-0.3, -0.25) is 9.48 Å². The summed E-state index contributed by atoms with van der Waals surface area (Å²) < 4.78 is 7.81. The van der Waals surface area contributed by atoms with Gasteiger partial charge in [0, 0.05) is 12.5 Å². The normalized spacial score (nSPS) is 39.4. The lowest BCUT2D eigenvalue weighted by Gasteiger charge is -2.73. The number of rotatable bonds is 4. The zero-order chi connectivity index (χ0) is 13.4. The first-order valence-corrected chi connectivity index (χ1v) is 6.92. The van der Waals surface area contributed by atoms with Crippen LogP contribution in [0.4, 0.5) is 0 Å². The highest BCUT2D eigenvalue weighted by Crippen LogP contribution is 2.78. The molecule has 19 heavy (non-hydrogen) atoms. The fourth-order valence-corrected chi connectivity index (χ4v) is 4.10. The van der Waals surface area contributed by atoms with Crippen LogP contribution in [0.3, 0.4) is 0 Å². The lowest BCUT2D eigenvalue weighted by Crippen LogP contribution is -2.75. The average Bonchev–Trinajstić information content (AvgIpc) is 3.05. The van der Waals surface area contributed by atoms with E-state index in [9.17, 15) is 9.90 Å². The summed E-state index contributed by atoms with van der Waals surface area (Å²) in [5.41, 5.74) is 0.602. The number of nitrogens with zero attached hydrogens (tertiary/aromatic N) is 2. The molecule has 5 heteroatoms. The Kier molecular flexibility index (Phi) is 1.87. The van der Waals surface area contributed by atoms with Crippen molar-refractivity contribution in [2.45, 2.75) is 44.1 Å². The molecule has 4 fully saturated rings. The zero-order valence-electron chi connectivity index (χ0n) is 11.2. The van der Waals surface area contributed by atoms with E-state index in [1.165, 1.54) is 0 Å². The van der Waals surface area contributed by atoms with E-state index < -0.39 is 11.4 Å². The molecule has 1 aromatic heterocycles. The molecule has 1 heterocycles. The molecular weight excluding hydrogens is 244 g/mol. The highest BCUT2D eigenvalue weighted by Gasteiger charge is 2.79. The quantitative estimate of drug-likeness (QED) is 0.897. The molecule has 102 valence electrons. The lowest BCUT2D eigenvalue weighted by atomic mass is 9.28. The van der Waals surface area contributed by atoms with Crippen LogP contribution in [0.25, 0.3) is 0 Å². The van der Waals surface area contributed by atoms with Crippen molar-refractivity contribution in [3.05, 3.63) is 11.9 Å². The van der Waals surface area contributed by atoms with Crippen LogP contribution in [-0.4, -0.2) is 27.0 Å². The van der Waals surface area contributed by atoms with Crippen molar-refractivity contribution in [1.29, 1.82) is 0 Å². The fraction of sp³-hybridized carbons (Fsp3) is 0.714. The highest BCUT2D eigenvalue weighted by molar-refractivity contribution is 5.82. The molecule has 0 saturated heterocycles. The van der Waals surface area contributed by atoms with Crippen molar-refractivity contribution in [1.82, 2.24) is 9.78 Å². The third-order valence-electron chi connectivity index (χ3n) is 5.54. The number of carboxylic acid groups (broad SMARTS) is 1. The first-order valence-electron chi connectivity index (χ1n) is 6.92. The molecule has 4 aliphatic rings. The number of aliphatic carboxylic acids is 1. The molecule has 0 spiro atoms. The van der Waals surface area contributed by atoms with Crippen LogP contribution >= 0.6 is 0 Å². The van der Waals surface area contributed by atoms with E-state index in [1.807, 2.05) is 11.7 Å². The SMILES string of the molecule is CC1C2(C(=O)O)CC1(c1c(OC3CC3)cnn1C)C2. The molecule has 0 aliphatic heterocycles. The maximum absolute atomic E-state index is 11.4. The van der Waals surface area contributed by atoms with Crippen LogP contribution in [0.1, 0.15) is 38.3 Å². The van der Waals surface area contributed by atoms with E-state index in [-0.39, 0.29) is 11.3 Å². The predicted octanol–water partition coefficient (Wildman–Crippen LogP) is 1.71. The summed E-state index contributed by atoms with van der Waals surface area (Å²) >= 11 is 0. The number of hydrogen-bond acceptors (Lipinski definition) is 3. The fourth-order valence-electron chi connectivity index (χ4n) is 4.10. The molecule has 0 aromatic carbocycles. The van der Waals surface area contributed by atoms with Crippen molar-refractivity contribution >= 4 is 5.97 Å². The smallest absolute Gasteiger partial charge is 0.310 e. The van der Waals surface area contributed by atoms with E-state index >= 15 is 0 Å². The molecule has 4 aliphatic carbocycles. The minimum Gasteiger partial charge on any atom is -0.487 e. The van der Waals surface area contributed by atoms with Crippen molar-refractivity contribution in [3.8, 4) is 5.75 Å². The van der Waals surface area contributed by atoms with Gasteiger partial charge in [-0.25, -0.2) is 0 Å². The monoisotopic (exact) mass is 262 g/mol.